The molecule has 0 aliphatic rings. The van der Waals surface area contributed by atoms with Gasteiger partial charge in [-0.2, -0.15) is 0 Å². The van der Waals surface area contributed by atoms with E-state index in [1.54, 1.807) is 24.3 Å². The van der Waals surface area contributed by atoms with Crippen LogP contribution in [0.3, 0.4) is 0 Å². The molecule has 0 aliphatic carbocycles. The number of ether oxygens (including phenoxy) is 1. The van der Waals surface area contributed by atoms with Gasteiger partial charge in [-0.05, 0) is 48.9 Å². The van der Waals surface area contributed by atoms with Crippen LogP contribution >= 0.6 is 27.5 Å². The summed E-state index contributed by atoms with van der Waals surface area (Å²) in [6, 6.07) is 9.63. The van der Waals surface area contributed by atoms with Crippen molar-refractivity contribution < 1.29 is 13.2 Å². The molecule has 0 spiro atoms. The van der Waals surface area contributed by atoms with Gasteiger partial charge in [-0.25, -0.2) is 8.42 Å². The van der Waals surface area contributed by atoms with Crippen LogP contribution in [0.15, 0.2) is 45.8 Å². The molecule has 0 aromatic heterocycles. The van der Waals surface area contributed by atoms with Crippen LogP contribution in [0.5, 0.6) is 5.75 Å². The third-order valence-corrected chi connectivity index (χ3v) is 5.35. The highest BCUT2D eigenvalue weighted by Gasteiger charge is 2.20. The van der Waals surface area contributed by atoms with Gasteiger partial charge in [0, 0.05) is 15.2 Å². The number of sulfonamides is 1. The van der Waals surface area contributed by atoms with E-state index in [0.717, 1.165) is 10.0 Å². The molecule has 0 radical (unpaired) electrons. The standard InChI is InChI=1S/C14H13BrClNO3S/c1-9-7-11(4-5-12(9)15)17-21(18,19)14-8-10(16)3-6-13(14)20-2/h3-8,17H,1-2H3. The molecule has 2 aromatic carbocycles. The summed E-state index contributed by atoms with van der Waals surface area (Å²) >= 11 is 9.25. The zero-order valence-corrected chi connectivity index (χ0v) is 14.5. The summed E-state index contributed by atoms with van der Waals surface area (Å²) in [6.45, 7) is 1.88. The van der Waals surface area contributed by atoms with Gasteiger partial charge >= 0.3 is 0 Å². The number of methoxy groups -OCH3 is 1. The molecule has 2 aromatic rings. The highest BCUT2D eigenvalue weighted by Crippen LogP contribution is 2.29. The quantitative estimate of drug-likeness (QED) is 0.850. The van der Waals surface area contributed by atoms with Crippen LogP contribution in [-0.4, -0.2) is 15.5 Å². The average molecular weight is 391 g/mol. The van der Waals surface area contributed by atoms with Crippen LogP contribution in [-0.2, 0) is 10.0 Å². The summed E-state index contributed by atoms with van der Waals surface area (Å²) in [5.41, 5.74) is 1.39. The van der Waals surface area contributed by atoms with Crippen molar-refractivity contribution in [3.05, 3.63) is 51.5 Å². The third-order valence-electron chi connectivity index (χ3n) is 2.83. The summed E-state index contributed by atoms with van der Waals surface area (Å²) in [5.74, 6) is 0.237. The van der Waals surface area contributed by atoms with Gasteiger partial charge in [-0.1, -0.05) is 27.5 Å². The lowest BCUT2D eigenvalue weighted by Crippen LogP contribution is -2.14. The Morgan fingerprint density at radius 2 is 1.90 bits per heavy atom. The molecule has 0 amide bonds. The molecule has 0 bridgehead atoms. The van der Waals surface area contributed by atoms with Gasteiger partial charge in [-0.15, -0.1) is 0 Å². The van der Waals surface area contributed by atoms with Crippen molar-refractivity contribution in [3.63, 3.8) is 0 Å². The van der Waals surface area contributed by atoms with Gasteiger partial charge in [0.2, 0.25) is 0 Å². The van der Waals surface area contributed by atoms with Crippen molar-refractivity contribution in [2.24, 2.45) is 0 Å². The number of hydrogen-bond donors (Lipinski definition) is 1. The Labute approximate surface area is 137 Å². The number of aryl methyl sites for hydroxylation is 1. The third kappa shape index (κ3) is 3.70. The Hall–Kier alpha value is -1.24. The summed E-state index contributed by atoms with van der Waals surface area (Å²) in [7, 11) is -2.37. The van der Waals surface area contributed by atoms with Crippen molar-refractivity contribution in [1.82, 2.24) is 0 Å². The highest BCUT2D eigenvalue weighted by atomic mass is 79.9. The van der Waals surface area contributed by atoms with Gasteiger partial charge in [0.1, 0.15) is 10.6 Å². The second-order valence-electron chi connectivity index (χ2n) is 4.36. The van der Waals surface area contributed by atoms with Crippen LogP contribution in [0, 0.1) is 6.92 Å². The Bertz CT molecular complexity index is 778. The fourth-order valence-electron chi connectivity index (χ4n) is 1.78. The molecule has 0 heterocycles. The van der Waals surface area contributed by atoms with Gasteiger partial charge in [0.25, 0.3) is 10.0 Å². The van der Waals surface area contributed by atoms with E-state index in [0.29, 0.717) is 10.7 Å². The molecular weight excluding hydrogens is 378 g/mol. The Kier molecular flexibility index (Phi) is 4.81. The lowest BCUT2D eigenvalue weighted by Gasteiger charge is -2.12. The normalized spacial score (nSPS) is 11.2. The van der Waals surface area contributed by atoms with Gasteiger partial charge in [0.05, 0.1) is 7.11 Å². The topological polar surface area (TPSA) is 55.4 Å². The second kappa shape index (κ2) is 6.25. The SMILES string of the molecule is COc1ccc(Cl)cc1S(=O)(=O)Nc1ccc(Br)c(C)c1. The van der Waals surface area contributed by atoms with E-state index in [4.69, 9.17) is 16.3 Å². The minimum Gasteiger partial charge on any atom is -0.495 e. The number of hydrogen-bond acceptors (Lipinski definition) is 3. The minimum absolute atomic E-state index is 0.00179. The fourth-order valence-corrected chi connectivity index (χ4v) is 3.51. The Morgan fingerprint density at radius 3 is 2.52 bits per heavy atom. The largest absolute Gasteiger partial charge is 0.495 e. The van der Waals surface area contributed by atoms with E-state index >= 15 is 0 Å². The fraction of sp³-hybridized carbons (Fsp3) is 0.143. The number of halogens is 2. The molecule has 0 fully saturated rings. The molecule has 112 valence electrons. The van der Waals surface area contributed by atoms with E-state index < -0.39 is 10.0 Å². The molecule has 0 unspecified atom stereocenters. The van der Waals surface area contributed by atoms with E-state index in [1.165, 1.54) is 19.2 Å². The first kappa shape index (κ1) is 16.1. The Morgan fingerprint density at radius 1 is 1.19 bits per heavy atom. The first-order chi connectivity index (χ1) is 9.83. The van der Waals surface area contributed by atoms with Crippen LogP contribution in [0.1, 0.15) is 5.56 Å². The van der Waals surface area contributed by atoms with Crippen LogP contribution in [0.4, 0.5) is 5.69 Å². The molecule has 0 saturated heterocycles. The first-order valence-electron chi connectivity index (χ1n) is 5.96. The van der Waals surface area contributed by atoms with Gasteiger partial charge in [-0.3, -0.25) is 4.72 Å². The molecular formula is C14H13BrClNO3S. The van der Waals surface area contributed by atoms with Crippen molar-refractivity contribution in [2.75, 3.05) is 11.8 Å². The van der Waals surface area contributed by atoms with E-state index in [9.17, 15) is 8.42 Å². The number of benzene rings is 2. The lowest BCUT2D eigenvalue weighted by atomic mass is 10.2. The molecule has 21 heavy (non-hydrogen) atoms. The molecule has 0 atom stereocenters. The van der Waals surface area contributed by atoms with Crippen LogP contribution in [0.2, 0.25) is 5.02 Å². The Balaban J connectivity index is 2.42. The molecule has 2 rings (SSSR count). The van der Waals surface area contributed by atoms with Gasteiger partial charge in [0.15, 0.2) is 0 Å². The minimum atomic E-state index is -3.78. The maximum absolute atomic E-state index is 12.5. The predicted octanol–water partition coefficient (Wildman–Crippen LogP) is 4.22. The van der Waals surface area contributed by atoms with E-state index in [1.807, 2.05) is 6.92 Å². The van der Waals surface area contributed by atoms with E-state index in [2.05, 4.69) is 20.7 Å². The molecule has 4 nitrogen and oxygen atoms in total. The first-order valence-corrected chi connectivity index (χ1v) is 8.61. The zero-order valence-electron chi connectivity index (χ0n) is 11.4. The van der Waals surface area contributed by atoms with Gasteiger partial charge < -0.3 is 4.74 Å². The van der Waals surface area contributed by atoms with Crippen molar-refractivity contribution in [3.8, 4) is 5.75 Å². The van der Waals surface area contributed by atoms with Crippen molar-refractivity contribution >= 4 is 43.2 Å². The van der Waals surface area contributed by atoms with Crippen LogP contribution < -0.4 is 9.46 Å². The summed E-state index contributed by atoms with van der Waals surface area (Å²) < 4.78 is 33.4. The average Bonchev–Trinajstić information content (AvgIpc) is 2.42. The molecule has 7 heteroatoms. The summed E-state index contributed by atoms with van der Waals surface area (Å²) in [4.78, 5) is -0.00179. The number of rotatable bonds is 4. The highest BCUT2D eigenvalue weighted by molar-refractivity contribution is 9.10. The van der Waals surface area contributed by atoms with Crippen LogP contribution in [0.25, 0.3) is 0 Å². The zero-order chi connectivity index (χ0) is 15.6. The molecule has 0 aliphatic heterocycles. The van der Waals surface area contributed by atoms with E-state index in [-0.39, 0.29) is 10.6 Å². The van der Waals surface area contributed by atoms with Crippen molar-refractivity contribution in [2.45, 2.75) is 11.8 Å². The van der Waals surface area contributed by atoms with Crippen molar-refractivity contribution in [1.29, 1.82) is 0 Å². The second-order valence-corrected chi connectivity index (χ2v) is 7.31. The summed E-state index contributed by atoms with van der Waals surface area (Å²) in [6.07, 6.45) is 0. The molecule has 0 saturated carbocycles. The number of anilines is 1. The molecule has 1 N–H and O–H groups in total. The predicted molar refractivity (Wildman–Crippen MR) is 87.7 cm³/mol. The smallest absolute Gasteiger partial charge is 0.265 e. The number of nitrogens with one attached hydrogen (secondary N) is 1. The lowest BCUT2D eigenvalue weighted by molar-refractivity contribution is 0.403. The monoisotopic (exact) mass is 389 g/mol. The maximum Gasteiger partial charge on any atom is 0.265 e. The summed E-state index contributed by atoms with van der Waals surface area (Å²) in [5, 5.41) is 0.322. The maximum atomic E-state index is 12.5.